The number of aromatic nitrogens is 4. The maximum Gasteiger partial charge on any atom is 0.137 e. The minimum absolute atomic E-state index is 0.746. The van der Waals surface area contributed by atoms with Gasteiger partial charge in [0.1, 0.15) is 12.7 Å². The van der Waals surface area contributed by atoms with Crippen LogP contribution in [0, 0.1) is 0 Å². The lowest BCUT2D eigenvalue weighted by Crippen LogP contribution is -2.02. The van der Waals surface area contributed by atoms with Gasteiger partial charge in [0.25, 0.3) is 0 Å². The Kier molecular flexibility index (Phi) is 3.53. The van der Waals surface area contributed by atoms with Crippen LogP contribution >= 0.6 is 0 Å². The predicted molar refractivity (Wildman–Crippen MR) is 104 cm³/mol. The Hall–Kier alpha value is -3.40. The SMILES string of the molecule is c1ccc2c(c1)c1ccccc1n2Cc1ccc(Cn2cncn2)cc1. The van der Waals surface area contributed by atoms with Gasteiger partial charge in [-0.25, -0.2) is 9.67 Å². The van der Waals surface area contributed by atoms with E-state index in [9.17, 15) is 0 Å². The average Bonchev–Trinajstić information content (AvgIpc) is 3.31. The number of benzene rings is 3. The van der Waals surface area contributed by atoms with Crippen molar-refractivity contribution in [3.05, 3.63) is 96.6 Å². The van der Waals surface area contributed by atoms with Gasteiger partial charge >= 0.3 is 0 Å². The van der Waals surface area contributed by atoms with Crippen molar-refractivity contribution in [2.75, 3.05) is 0 Å². The molecule has 0 aliphatic rings. The van der Waals surface area contributed by atoms with Gasteiger partial charge in [0, 0.05) is 28.4 Å². The molecule has 0 N–H and O–H groups in total. The number of hydrogen-bond donors (Lipinski definition) is 0. The molecule has 0 aliphatic carbocycles. The first-order chi connectivity index (χ1) is 12.9. The zero-order valence-corrected chi connectivity index (χ0v) is 14.3. The van der Waals surface area contributed by atoms with Crippen molar-refractivity contribution in [2.45, 2.75) is 13.1 Å². The van der Waals surface area contributed by atoms with E-state index in [4.69, 9.17) is 0 Å². The Bertz CT molecular complexity index is 1110. The van der Waals surface area contributed by atoms with Crippen molar-refractivity contribution in [3.8, 4) is 0 Å². The highest BCUT2D eigenvalue weighted by Gasteiger charge is 2.09. The molecule has 0 atom stereocenters. The van der Waals surface area contributed by atoms with E-state index in [0.717, 1.165) is 13.1 Å². The number of fused-ring (bicyclic) bond motifs is 3. The van der Waals surface area contributed by atoms with Crippen molar-refractivity contribution in [1.82, 2.24) is 19.3 Å². The Morgan fingerprint density at radius 1 is 0.654 bits per heavy atom. The predicted octanol–water partition coefficient (Wildman–Crippen LogP) is 4.48. The van der Waals surface area contributed by atoms with Gasteiger partial charge in [-0.15, -0.1) is 0 Å². The van der Waals surface area contributed by atoms with Gasteiger partial charge in [0.05, 0.1) is 6.54 Å². The Balaban J connectivity index is 1.51. The summed E-state index contributed by atoms with van der Waals surface area (Å²) in [4.78, 5) is 3.99. The monoisotopic (exact) mass is 338 g/mol. The lowest BCUT2D eigenvalue weighted by Gasteiger charge is -2.09. The summed E-state index contributed by atoms with van der Waals surface area (Å²) in [7, 11) is 0. The van der Waals surface area contributed by atoms with Crippen LogP contribution in [0.1, 0.15) is 11.1 Å². The molecule has 5 aromatic rings. The Labute approximate surface area is 151 Å². The van der Waals surface area contributed by atoms with Crippen molar-refractivity contribution >= 4 is 21.8 Å². The third-order valence-corrected chi connectivity index (χ3v) is 4.85. The van der Waals surface area contributed by atoms with Crippen LogP contribution in [0.3, 0.4) is 0 Å². The van der Waals surface area contributed by atoms with Gasteiger partial charge < -0.3 is 4.57 Å². The van der Waals surface area contributed by atoms with E-state index in [2.05, 4.69) is 87.4 Å². The van der Waals surface area contributed by atoms with E-state index in [0.29, 0.717) is 0 Å². The van der Waals surface area contributed by atoms with Gasteiger partial charge in [-0.2, -0.15) is 5.10 Å². The fourth-order valence-electron chi connectivity index (χ4n) is 3.61. The zero-order valence-electron chi connectivity index (χ0n) is 14.3. The summed E-state index contributed by atoms with van der Waals surface area (Å²) in [5.41, 5.74) is 5.07. The summed E-state index contributed by atoms with van der Waals surface area (Å²) >= 11 is 0. The largest absolute Gasteiger partial charge is 0.336 e. The van der Waals surface area contributed by atoms with Crippen LogP contribution in [-0.2, 0) is 13.1 Å². The fraction of sp³-hybridized carbons (Fsp3) is 0.0909. The lowest BCUT2D eigenvalue weighted by atomic mass is 10.1. The molecule has 0 aliphatic heterocycles. The lowest BCUT2D eigenvalue weighted by molar-refractivity contribution is 0.684. The minimum Gasteiger partial charge on any atom is -0.336 e. The molecule has 0 radical (unpaired) electrons. The van der Waals surface area contributed by atoms with Crippen LogP contribution in [0.2, 0.25) is 0 Å². The second-order valence-corrected chi connectivity index (χ2v) is 6.53. The number of para-hydroxylation sites is 2. The molecule has 0 saturated heterocycles. The van der Waals surface area contributed by atoms with Gasteiger partial charge in [0.2, 0.25) is 0 Å². The standard InChI is InChI=1S/C22H18N4/c1-3-7-21-19(5-1)20-6-2-4-8-22(20)26(21)14-18-11-9-17(10-12-18)13-25-16-23-15-24-25/h1-12,15-16H,13-14H2. The Morgan fingerprint density at radius 3 is 1.81 bits per heavy atom. The van der Waals surface area contributed by atoms with Gasteiger partial charge in [0.15, 0.2) is 0 Å². The minimum atomic E-state index is 0.746. The van der Waals surface area contributed by atoms with Gasteiger partial charge in [-0.1, -0.05) is 60.7 Å². The summed E-state index contributed by atoms with van der Waals surface area (Å²) < 4.78 is 4.24. The molecule has 2 aromatic heterocycles. The third-order valence-electron chi connectivity index (χ3n) is 4.85. The van der Waals surface area contributed by atoms with Crippen molar-refractivity contribution in [2.24, 2.45) is 0 Å². The highest BCUT2D eigenvalue weighted by Crippen LogP contribution is 2.29. The molecular weight excluding hydrogens is 320 g/mol. The van der Waals surface area contributed by atoms with E-state index in [-0.39, 0.29) is 0 Å². The number of rotatable bonds is 4. The van der Waals surface area contributed by atoms with Crippen molar-refractivity contribution in [3.63, 3.8) is 0 Å². The van der Waals surface area contributed by atoms with Crippen LogP contribution in [0.4, 0.5) is 0 Å². The van der Waals surface area contributed by atoms with E-state index >= 15 is 0 Å². The van der Waals surface area contributed by atoms with Gasteiger partial charge in [-0.05, 0) is 23.3 Å². The van der Waals surface area contributed by atoms with Crippen LogP contribution in [0.15, 0.2) is 85.5 Å². The first kappa shape index (κ1) is 14.9. The molecule has 0 spiro atoms. The van der Waals surface area contributed by atoms with Crippen LogP contribution < -0.4 is 0 Å². The van der Waals surface area contributed by atoms with E-state index in [1.807, 2.05) is 4.68 Å². The third kappa shape index (κ3) is 2.56. The van der Waals surface area contributed by atoms with E-state index in [1.54, 1.807) is 12.7 Å². The summed E-state index contributed by atoms with van der Waals surface area (Å²) in [6, 6.07) is 26.0. The molecule has 4 heteroatoms. The normalized spacial score (nSPS) is 11.4. The summed E-state index contributed by atoms with van der Waals surface area (Å²) in [6.07, 6.45) is 3.31. The molecule has 2 heterocycles. The topological polar surface area (TPSA) is 35.6 Å². The van der Waals surface area contributed by atoms with Crippen molar-refractivity contribution < 1.29 is 0 Å². The quantitative estimate of drug-likeness (QED) is 0.484. The van der Waals surface area contributed by atoms with E-state index in [1.165, 1.54) is 32.9 Å². The highest BCUT2D eigenvalue weighted by molar-refractivity contribution is 6.08. The molecule has 0 saturated carbocycles. The second-order valence-electron chi connectivity index (χ2n) is 6.53. The fourth-order valence-corrected chi connectivity index (χ4v) is 3.61. The van der Waals surface area contributed by atoms with Gasteiger partial charge in [-0.3, -0.25) is 0 Å². The first-order valence-corrected chi connectivity index (χ1v) is 8.75. The average molecular weight is 338 g/mol. The molecular formula is C22H18N4. The molecule has 0 bridgehead atoms. The van der Waals surface area contributed by atoms with E-state index < -0.39 is 0 Å². The molecule has 5 rings (SSSR count). The van der Waals surface area contributed by atoms with Crippen LogP contribution in [0.5, 0.6) is 0 Å². The van der Waals surface area contributed by atoms with Crippen molar-refractivity contribution in [1.29, 1.82) is 0 Å². The molecule has 126 valence electrons. The summed E-state index contributed by atoms with van der Waals surface area (Å²) in [5.74, 6) is 0. The summed E-state index contributed by atoms with van der Waals surface area (Å²) in [5, 5.41) is 6.79. The number of nitrogens with zero attached hydrogens (tertiary/aromatic N) is 4. The highest BCUT2D eigenvalue weighted by atomic mass is 15.3. The molecule has 4 nitrogen and oxygen atoms in total. The smallest absolute Gasteiger partial charge is 0.137 e. The van der Waals surface area contributed by atoms with Crippen LogP contribution in [-0.4, -0.2) is 19.3 Å². The molecule has 0 amide bonds. The molecule has 0 fully saturated rings. The molecule has 0 unspecified atom stereocenters. The Morgan fingerprint density at radius 2 is 1.23 bits per heavy atom. The maximum atomic E-state index is 4.16. The maximum absolute atomic E-state index is 4.16. The molecule has 26 heavy (non-hydrogen) atoms. The number of hydrogen-bond acceptors (Lipinski definition) is 2. The second kappa shape index (κ2) is 6.15. The summed E-state index contributed by atoms with van der Waals surface area (Å²) in [6.45, 7) is 1.60. The zero-order chi connectivity index (χ0) is 17.3. The van der Waals surface area contributed by atoms with Crippen LogP contribution in [0.25, 0.3) is 21.8 Å². The first-order valence-electron chi connectivity index (χ1n) is 8.75. The molecule has 3 aromatic carbocycles.